The molecule has 0 aliphatic heterocycles. The molecule has 1 aromatic heterocycles. The third kappa shape index (κ3) is 9.62. The van der Waals surface area contributed by atoms with E-state index < -0.39 is 11.7 Å². The van der Waals surface area contributed by atoms with Gasteiger partial charge in [-0.05, 0) is 33.6 Å². The lowest BCUT2D eigenvalue weighted by atomic mass is 10.2. The second kappa shape index (κ2) is 11.2. The second-order valence-corrected chi connectivity index (χ2v) is 7.10. The standard InChI is InChI=1S/C18H32N6O3/c1-6-8-10-19-15(25)13-12-14(22-16(21-13)20-11-9-7-2)23-24-17(26)27-18(3,4)5/h12H,6-11H2,1-5H3,(H,19,25)(H,24,26)(H2,20,21,22,23). The maximum Gasteiger partial charge on any atom is 0.426 e. The summed E-state index contributed by atoms with van der Waals surface area (Å²) < 4.78 is 5.16. The molecule has 27 heavy (non-hydrogen) atoms. The Morgan fingerprint density at radius 2 is 1.74 bits per heavy atom. The minimum absolute atomic E-state index is 0.216. The summed E-state index contributed by atoms with van der Waals surface area (Å²) in [5.41, 5.74) is 4.67. The van der Waals surface area contributed by atoms with Crippen molar-refractivity contribution >= 4 is 23.8 Å². The van der Waals surface area contributed by atoms with Crippen LogP contribution in [0.15, 0.2) is 6.07 Å². The highest BCUT2D eigenvalue weighted by atomic mass is 16.6. The molecule has 0 saturated carbocycles. The molecule has 0 radical (unpaired) electrons. The molecule has 0 spiro atoms. The third-order valence-corrected chi connectivity index (χ3v) is 3.28. The van der Waals surface area contributed by atoms with Crippen molar-refractivity contribution in [2.75, 3.05) is 23.8 Å². The Kier molecular flexibility index (Phi) is 9.32. The van der Waals surface area contributed by atoms with E-state index in [9.17, 15) is 9.59 Å². The number of nitrogens with zero attached hydrogens (tertiary/aromatic N) is 2. The Labute approximate surface area is 161 Å². The van der Waals surface area contributed by atoms with Gasteiger partial charge in [-0.15, -0.1) is 0 Å². The first-order valence-corrected chi connectivity index (χ1v) is 9.41. The molecule has 9 heteroatoms. The van der Waals surface area contributed by atoms with Crippen LogP contribution >= 0.6 is 0 Å². The van der Waals surface area contributed by atoms with Gasteiger partial charge in [0.1, 0.15) is 11.3 Å². The van der Waals surface area contributed by atoms with Gasteiger partial charge in [-0.3, -0.25) is 10.2 Å². The Morgan fingerprint density at radius 3 is 2.37 bits per heavy atom. The first kappa shape index (κ1) is 22.5. The third-order valence-electron chi connectivity index (χ3n) is 3.28. The molecule has 0 atom stereocenters. The molecule has 0 aliphatic rings. The number of carbonyl (C=O) groups is 2. The van der Waals surface area contributed by atoms with Gasteiger partial charge in [0, 0.05) is 19.2 Å². The van der Waals surface area contributed by atoms with Crippen molar-refractivity contribution in [1.29, 1.82) is 0 Å². The van der Waals surface area contributed by atoms with Crippen molar-refractivity contribution in [1.82, 2.24) is 20.7 Å². The lowest BCUT2D eigenvalue weighted by Crippen LogP contribution is -2.36. The minimum atomic E-state index is -0.643. The van der Waals surface area contributed by atoms with Gasteiger partial charge in [-0.25, -0.2) is 15.2 Å². The summed E-state index contributed by atoms with van der Waals surface area (Å²) in [5.74, 6) is 0.320. The largest absolute Gasteiger partial charge is 0.443 e. The number of ether oxygens (including phenoxy) is 1. The summed E-state index contributed by atoms with van der Waals surface area (Å²) >= 11 is 0. The molecular formula is C18H32N6O3. The number of carbonyl (C=O) groups excluding carboxylic acids is 2. The van der Waals surface area contributed by atoms with Crippen molar-refractivity contribution in [3.8, 4) is 0 Å². The predicted octanol–water partition coefficient (Wildman–Crippen LogP) is 3.07. The van der Waals surface area contributed by atoms with Crippen LogP contribution in [-0.2, 0) is 4.74 Å². The highest BCUT2D eigenvalue weighted by molar-refractivity contribution is 5.93. The van der Waals surface area contributed by atoms with E-state index in [1.807, 2.05) is 0 Å². The Hall–Kier alpha value is -2.58. The molecule has 0 fully saturated rings. The summed E-state index contributed by atoms with van der Waals surface area (Å²) in [6.45, 7) is 10.7. The van der Waals surface area contributed by atoms with Gasteiger partial charge in [0.25, 0.3) is 5.91 Å². The maximum atomic E-state index is 12.3. The number of unbranched alkanes of at least 4 members (excludes halogenated alkanes) is 2. The lowest BCUT2D eigenvalue weighted by molar-refractivity contribution is 0.0540. The smallest absolute Gasteiger partial charge is 0.426 e. The molecule has 0 aromatic carbocycles. The van der Waals surface area contributed by atoms with Gasteiger partial charge in [0.2, 0.25) is 5.95 Å². The average Bonchev–Trinajstić information content (AvgIpc) is 2.59. The molecule has 152 valence electrons. The molecule has 4 N–H and O–H groups in total. The number of nitrogens with one attached hydrogen (secondary N) is 4. The first-order valence-electron chi connectivity index (χ1n) is 9.41. The van der Waals surface area contributed by atoms with Crippen LogP contribution in [0.25, 0.3) is 0 Å². The summed E-state index contributed by atoms with van der Waals surface area (Å²) in [7, 11) is 0. The number of hydrogen-bond donors (Lipinski definition) is 4. The van der Waals surface area contributed by atoms with E-state index in [4.69, 9.17) is 4.74 Å². The number of aromatic nitrogens is 2. The molecule has 0 saturated heterocycles. The van der Waals surface area contributed by atoms with E-state index in [0.717, 1.165) is 25.7 Å². The zero-order valence-electron chi connectivity index (χ0n) is 16.9. The zero-order valence-corrected chi connectivity index (χ0v) is 16.9. The Bertz CT molecular complexity index is 616. The molecule has 1 heterocycles. The topological polar surface area (TPSA) is 117 Å². The van der Waals surface area contributed by atoms with E-state index in [2.05, 4.69) is 45.3 Å². The predicted molar refractivity (Wildman–Crippen MR) is 106 cm³/mol. The van der Waals surface area contributed by atoms with Gasteiger partial charge >= 0.3 is 6.09 Å². The quantitative estimate of drug-likeness (QED) is 0.364. The van der Waals surface area contributed by atoms with Gasteiger partial charge in [-0.1, -0.05) is 26.7 Å². The van der Waals surface area contributed by atoms with Crippen molar-refractivity contribution in [2.24, 2.45) is 0 Å². The molecule has 0 unspecified atom stereocenters. The van der Waals surface area contributed by atoms with Crippen molar-refractivity contribution in [3.05, 3.63) is 11.8 Å². The number of anilines is 2. The van der Waals surface area contributed by atoms with Gasteiger partial charge < -0.3 is 15.4 Å². The van der Waals surface area contributed by atoms with E-state index in [1.54, 1.807) is 20.8 Å². The Balaban J connectivity index is 2.83. The summed E-state index contributed by atoms with van der Waals surface area (Å²) in [6, 6.07) is 1.48. The van der Waals surface area contributed by atoms with Crippen molar-refractivity contribution in [3.63, 3.8) is 0 Å². The van der Waals surface area contributed by atoms with Crippen LogP contribution in [0.1, 0.15) is 70.8 Å². The molecule has 0 bridgehead atoms. The molecule has 1 rings (SSSR count). The SMILES string of the molecule is CCCCNC(=O)c1cc(NNC(=O)OC(C)(C)C)nc(NCCCC)n1. The normalized spacial score (nSPS) is 10.9. The maximum absolute atomic E-state index is 12.3. The van der Waals surface area contributed by atoms with Crippen LogP contribution in [0.5, 0.6) is 0 Å². The van der Waals surface area contributed by atoms with E-state index >= 15 is 0 Å². The highest BCUT2D eigenvalue weighted by Crippen LogP contribution is 2.11. The summed E-state index contributed by atoms with van der Waals surface area (Å²) in [5, 5.41) is 5.91. The number of hydrogen-bond acceptors (Lipinski definition) is 7. The van der Waals surface area contributed by atoms with Crippen LogP contribution in [0.3, 0.4) is 0 Å². The van der Waals surface area contributed by atoms with Crippen LogP contribution < -0.4 is 21.5 Å². The second-order valence-electron chi connectivity index (χ2n) is 7.10. The van der Waals surface area contributed by atoms with Crippen molar-refractivity contribution < 1.29 is 14.3 Å². The first-order chi connectivity index (χ1) is 12.7. The number of hydrazine groups is 1. The van der Waals surface area contributed by atoms with E-state index in [-0.39, 0.29) is 17.4 Å². The fourth-order valence-electron chi connectivity index (χ4n) is 1.97. The highest BCUT2D eigenvalue weighted by Gasteiger charge is 2.17. The minimum Gasteiger partial charge on any atom is -0.443 e. The molecular weight excluding hydrogens is 348 g/mol. The molecule has 2 amide bonds. The molecule has 0 aliphatic carbocycles. The van der Waals surface area contributed by atoms with Crippen LogP contribution in [0, 0.1) is 0 Å². The van der Waals surface area contributed by atoms with Crippen LogP contribution in [0.4, 0.5) is 16.6 Å². The monoisotopic (exact) mass is 380 g/mol. The fraction of sp³-hybridized carbons (Fsp3) is 0.667. The molecule has 1 aromatic rings. The van der Waals surface area contributed by atoms with Gasteiger partial charge in [0.15, 0.2) is 5.82 Å². The van der Waals surface area contributed by atoms with Gasteiger partial charge in [-0.2, -0.15) is 4.98 Å². The number of amides is 2. The van der Waals surface area contributed by atoms with Crippen LogP contribution in [-0.4, -0.2) is 40.7 Å². The number of rotatable bonds is 10. The average molecular weight is 380 g/mol. The fourth-order valence-corrected chi connectivity index (χ4v) is 1.97. The van der Waals surface area contributed by atoms with E-state index in [0.29, 0.717) is 19.0 Å². The molecule has 9 nitrogen and oxygen atoms in total. The van der Waals surface area contributed by atoms with Gasteiger partial charge in [0.05, 0.1) is 0 Å². The van der Waals surface area contributed by atoms with E-state index in [1.165, 1.54) is 6.07 Å². The summed E-state index contributed by atoms with van der Waals surface area (Å²) in [6.07, 6.45) is 3.21. The van der Waals surface area contributed by atoms with Crippen molar-refractivity contribution in [2.45, 2.75) is 65.9 Å². The lowest BCUT2D eigenvalue weighted by Gasteiger charge is -2.20. The van der Waals surface area contributed by atoms with Crippen LogP contribution in [0.2, 0.25) is 0 Å². The Morgan fingerprint density at radius 1 is 1.07 bits per heavy atom. The summed E-state index contributed by atoms with van der Waals surface area (Å²) in [4.78, 5) is 32.6. The zero-order chi connectivity index (χ0) is 20.3.